The molecule has 1 aliphatic carbocycles. The Labute approximate surface area is 77.6 Å². The molecule has 1 saturated carbocycles. The van der Waals surface area contributed by atoms with Gasteiger partial charge in [0, 0.05) is 0 Å². The number of nitrogens with zero attached hydrogens (tertiary/aromatic N) is 3. The number of aliphatic hydroxyl groups excluding tert-OH is 1. The molecule has 0 spiro atoms. The molecule has 0 aliphatic heterocycles. The van der Waals surface area contributed by atoms with Gasteiger partial charge in [0.25, 0.3) is 0 Å². The van der Waals surface area contributed by atoms with Crippen LogP contribution in [0.3, 0.4) is 0 Å². The standard InChI is InChI=1S/C9H15N3O/c13-6-9(4-2-1-3-5-9)12-7-10-11-8-12/h7-8,13H,1-6H2. The summed E-state index contributed by atoms with van der Waals surface area (Å²) in [6.07, 6.45) is 9.17. The van der Waals surface area contributed by atoms with Crippen molar-refractivity contribution in [3.63, 3.8) is 0 Å². The van der Waals surface area contributed by atoms with Gasteiger partial charge in [-0.05, 0) is 12.8 Å². The van der Waals surface area contributed by atoms with Crippen LogP contribution in [0.15, 0.2) is 12.7 Å². The molecule has 0 unspecified atom stereocenters. The molecule has 1 aromatic heterocycles. The predicted octanol–water partition coefficient (Wildman–Crippen LogP) is 0.930. The first-order valence-electron chi connectivity index (χ1n) is 4.83. The molecule has 0 aromatic carbocycles. The Morgan fingerprint density at radius 2 is 1.77 bits per heavy atom. The molecule has 0 saturated heterocycles. The molecule has 2 rings (SSSR count). The van der Waals surface area contributed by atoms with Crippen molar-refractivity contribution in [1.29, 1.82) is 0 Å². The van der Waals surface area contributed by atoms with Gasteiger partial charge in [0.15, 0.2) is 0 Å². The van der Waals surface area contributed by atoms with Gasteiger partial charge in [0.2, 0.25) is 0 Å². The first-order valence-corrected chi connectivity index (χ1v) is 4.83. The van der Waals surface area contributed by atoms with Gasteiger partial charge in [0.1, 0.15) is 12.7 Å². The van der Waals surface area contributed by atoms with Crippen molar-refractivity contribution in [3.05, 3.63) is 12.7 Å². The van der Waals surface area contributed by atoms with Crippen LogP contribution in [-0.4, -0.2) is 26.5 Å². The molecular formula is C9H15N3O. The smallest absolute Gasteiger partial charge is 0.119 e. The van der Waals surface area contributed by atoms with Crippen molar-refractivity contribution >= 4 is 0 Å². The Balaban J connectivity index is 2.23. The maximum Gasteiger partial charge on any atom is 0.119 e. The average molecular weight is 181 g/mol. The van der Waals surface area contributed by atoms with Crippen molar-refractivity contribution in [2.75, 3.05) is 6.61 Å². The van der Waals surface area contributed by atoms with Crippen molar-refractivity contribution in [3.8, 4) is 0 Å². The summed E-state index contributed by atoms with van der Waals surface area (Å²) in [6.45, 7) is 0.199. The van der Waals surface area contributed by atoms with Gasteiger partial charge in [-0.2, -0.15) is 0 Å². The molecule has 1 N–H and O–H groups in total. The van der Waals surface area contributed by atoms with E-state index >= 15 is 0 Å². The Bertz CT molecular complexity index is 252. The van der Waals surface area contributed by atoms with Crippen LogP contribution in [0.4, 0.5) is 0 Å². The van der Waals surface area contributed by atoms with E-state index in [1.807, 2.05) is 4.57 Å². The third-order valence-electron chi connectivity index (χ3n) is 3.05. The Morgan fingerprint density at radius 1 is 1.15 bits per heavy atom. The van der Waals surface area contributed by atoms with Crippen LogP contribution in [-0.2, 0) is 5.54 Å². The lowest BCUT2D eigenvalue weighted by Crippen LogP contribution is -2.38. The van der Waals surface area contributed by atoms with E-state index in [0.29, 0.717) is 0 Å². The van der Waals surface area contributed by atoms with E-state index in [-0.39, 0.29) is 12.1 Å². The maximum absolute atomic E-state index is 9.44. The molecule has 1 fully saturated rings. The van der Waals surface area contributed by atoms with Crippen LogP contribution in [0.1, 0.15) is 32.1 Å². The summed E-state index contributed by atoms with van der Waals surface area (Å²) in [7, 11) is 0. The number of aliphatic hydroxyl groups is 1. The quantitative estimate of drug-likeness (QED) is 0.738. The summed E-state index contributed by atoms with van der Waals surface area (Å²) in [5.41, 5.74) is -0.109. The lowest BCUT2D eigenvalue weighted by molar-refractivity contribution is 0.0902. The zero-order valence-corrected chi connectivity index (χ0v) is 7.69. The minimum Gasteiger partial charge on any atom is -0.394 e. The number of hydrogen-bond donors (Lipinski definition) is 1. The Kier molecular flexibility index (Phi) is 2.31. The number of hydrogen-bond acceptors (Lipinski definition) is 3. The van der Waals surface area contributed by atoms with Gasteiger partial charge in [-0.3, -0.25) is 0 Å². The van der Waals surface area contributed by atoms with Gasteiger partial charge in [-0.15, -0.1) is 10.2 Å². The normalized spacial score (nSPS) is 21.6. The minimum atomic E-state index is -0.109. The highest BCUT2D eigenvalue weighted by Crippen LogP contribution is 2.33. The first-order chi connectivity index (χ1) is 6.37. The van der Waals surface area contributed by atoms with Gasteiger partial charge in [-0.1, -0.05) is 19.3 Å². The van der Waals surface area contributed by atoms with Gasteiger partial charge < -0.3 is 9.67 Å². The van der Waals surface area contributed by atoms with Crippen LogP contribution in [0.5, 0.6) is 0 Å². The highest BCUT2D eigenvalue weighted by molar-refractivity contribution is 4.90. The molecule has 4 nitrogen and oxygen atoms in total. The fourth-order valence-electron chi connectivity index (χ4n) is 2.15. The molecule has 0 atom stereocenters. The molecule has 1 aliphatic rings. The molecule has 72 valence electrons. The second-order valence-electron chi connectivity index (χ2n) is 3.81. The molecule has 0 radical (unpaired) electrons. The average Bonchev–Trinajstić information content (AvgIpc) is 2.72. The number of rotatable bonds is 2. The van der Waals surface area contributed by atoms with Crippen LogP contribution in [0.2, 0.25) is 0 Å². The van der Waals surface area contributed by atoms with Gasteiger partial charge in [-0.25, -0.2) is 0 Å². The molecule has 4 heteroatoms. The van der Waals surface area contributed by atoms with Crippen molar-refractivity contribution in [1.82, 2.24) is 14.8 Å². The minimum absolute atomic E-state index is 0.109. The van der Waals surface area contributed by atoms with E-state index in [0.717, 1.165) is 12.8 Å². The molecule has 0 amide bonds. The molecular weight excluding hydrogens is 166 g/mol. The van der Waals surface area contributed by atoms with Crippen molar-refractivity contribution in [2.24, 2.45) is 0 Å². The topological polar surface area (TPSA) is 50.9 Å². The van der Waals surface area contributed by atoms with Gasteiger partial charge in [0.05, 0.1) is 12.1 Å². The largest absolute Gasteiger partial charge is 0.394 e. The summed E-state index contributed by atoms with van der Waals surface area (Å²) in [6, 6.07) is 0. The molecule has 1 heterocycles. The molecule has 13 heavy (non-hydrogen) atoms. The fraction of sp³-hybridized carbons (Fsp3) is 0.778. The summed E-state index contributed by atoms with van der Waals surface area (Å²) < 4.78 is 1.96. The summed E-state index contributed by atoms with van der Waals surface area (Å²) in [5.74, 6) is 0. The van der Waals surface area contributed by atoms with Crippen LogP contribution >= 0.6 is 0 Å². The summed E-state index contributed by atoms with van der Waals surface area (Å²) in [4.78, 5) is 0. The van der Waals surface area contributed by atoms with E-state index < -0.39 is 0 Å². The molecule has 1 aromatic rings. The zero-order valence-electron chi connectivity index (χ0n) is 7.69. The van der Waals surface area contributed by atoms with E-state index in [1.165, 1.54) is 19.3 Å². The fourth-order valence-corrected chi connectivity index (χ4v) is 2.15. The van der Waals surface area contributed by atoms with Crippen LogP contribution in [0, 0.1) is 0 Å². The van der Waals surface area contributed by atoms with E-state index in [4.69, 9.17) is 0 Å². The SMILES string of the molecule is OCC1(n2cnnc2)CCCCC1. The van der Waals surface area contributed by atoms with Gasteiger partial charge >= 0.3 is 0 Å². The monoisotopic (exact) mass is 181 g/mol. The summed E-state index contributed by atoms with van der Waals surface area (Å²) >= 11 is 0. The zero-order chi connectivity index (χ0) is 9.15. The van der Waals surface area contributed by atoms with E-state index in [9.17, 15) is 5.11 Å². The lowest BCUT2D eigenvalue weighted by atomic mass is 9.82. The number of aromatic nitrogens is 3. The summed E-state index contributed by atoms with van der Waals surface area (Å²) in [5, 5.41) is 17.0. The second kappa shape index (κ2) is 3.46. The highest BCUT2D eigenvalue weighted by atomic mass is 16.3. The van der Waals surface area contributed by atoms with Crippen molar-refractivity contribution < 1.29 is 5.11 Å². The van der Waals surface area contributed by atoms with Crippen LogP contribution in [0.25, 0.3) is 0 Å². The third-order valence-corrected chi connectivity index (χ3v) is 3.05. The lowest BCUT2D eigenvalue weighted by Gasteiger charge is -2.36. The van der Waals surface area contributed by atoms with Crippen molar-refractivity contribution in [2.45, 2.75) is 37.6 Å². The Hall–Kier alpha value is -0.900. The second-order valence-corrected chi connectivity index (χ2v) is 3.81. The first kappa shape index (κ1) is 8.69. The van der Waals surface area contributed by atoms with E-state index in [1.54, 1.807) is 12.7 Å². The van der Waals surface area contributed by atoms with Crippen LogP contribution < -0.4 is 0 Å². The highest BCUT2D eigenvalue weighted by Gasteiger charge is 2.32. The predicted molar refractivity (Wildman–Crippen MR) is 48.2 cm³/mol. The maximum atomic E-state index is 9.44. The Morgan fingerprint density at radius 3 is 2.31 bits per heavy atom. The third kappa shape index (κ3) is 1.46. The van der Waals surface area contributed by atoms with E-state index in [2.05, 4.69) is 10.2 Å². The molecule has 0 bridgehead atoms.